The highest BCUT2D eigenvalue weighted by atomic mass is 16.2. The van der Waals surface area contributed by atoms with E-state index in [1.807, 2.05) is 18.2 Å². The maximum atomic E-state index is 13.3. The first kappa shape index (κ1) is 17.3. The van der Waals surface area contributed by atoms with E-state index in [1.165, 1.54) is 17.5 Å². The Morgan fingerprint density at radius 1 is 0.923 bits per heavy atom. The quantitative estimate of drug-likeness (QED) is 0.909. The number of hydrogen-bond acceptors (Lipinski definition) is 2. The maximum Gasteiger partial charge on any atom is 0.244 e. The van der Waals surface area contributed by atoms with Gasteiger partial charge in [-0.15, -0.1) is 0 Å². The van der Waals surface area contributed by atoms with Crippen LogP contribution in [0.4, 0.5) is 0 Å². The number of carbonyl (C=O) groups excluding carboxylic acids is 1. The zero-order valence-electron chi connectivity index (χ0n) is 15.4. The van der Waals surface area contributed by atoms with Crippen molar-refractivity contribution < 1.29 is 4.79 Å². The second-order valence-corrected chi connectivity index (χ2v) is 7.60. The lowest BCUT2D eigenvalue weighted by Crippen LogP contribution is -2.47. The van der Waals surface area contributed by atoms with Crippen LogP contribution >= 0.6 is 0 Å². The smallest absolute Gasteiger partial charge is 0.244 e. The molecule has 1 fully saturated rings. The van der Waals surface area contributed by atoms with E-state index in [4.69, 9.17) is 0 Å². The maximum absolute atomic E-state index is 13.3. The summed E-state index contributed by atoms with van der Waals surface area (Å²) in [7, 11) is 0. The largest absolute Gasteiger partial charge is 0.341 e. The highest BCUT2D eigenvalue weighted by Crippen LogP contribution is 2.25. The lowest BCUT2D eigenvalue weighted by molar-refractivity contribution is -0.134. The molecule has 3 nitrogen and oxygen atoms in total. The zero-order valence-corrected chi connectivity index (χ0v) is 15.4. The molecule has 1 amide bonds. The average Bonchev–Trinajstić information content (AvgIpc) is 2.73. The number of nitrogens with one attached hydrogen (secondary N) is 1. The molecule has 4 rings (SSSR count). The van der Waals surface area contributed by atoms with Crippen LogP contribution in [0.2, 0.25) is 0 Å². The minimum atomic E-state index is -0.232. The van der Waals surface area contributed by atoms with Crippen molar-refractivity contribution in [1.29, 1.82) is 0 Å². The molecule has 1 aliphatic carbocycles. The molecule has 2 aromatic carbocycles. The molecule has 2 atom stereocenters. The lowest BCUT2D eigenvalue weighted by atomic mass is 9.87. The van der Waals surface area contributed by atoms with Gasteiger partial charge in [0.2, 0.25) is 5.91 Å². The molecular weight excluding hydrogens is 320 g/mol. The number of hydrogen-bond donors (Lipinski definition) is 1. The molecule has 1 heterocycles. The molecule has 1 N–H and O–H groups in total. The van der Waals surface area contributed by atoms with Crippen molar-refractivity contribution in [2.24, 2.45) is 0 Å². The molecule has 2 aliphatic rings. The van der Waals surface area contributed by atoms with Gasteiger partial charge >= 0.3 is 0 Å². The monoisotopic (exact) mass is 348 g/mol. The number of rotatable bonds is 4. The Bertz CT molecular complexity index is 737. The van der Waals surface area contributed by atoms with E-state index in [9.17, 15) is 4.79 Å². The molecule has 1 aliphatic heterocycles. The number of fused-ring (bicyclic) bond motifs is 1. The number of likely N-dealkylation sites (tertiary alicyclic amines) is 1. The van der Waals surface area contributed by atoms with Crippen molar-refractivity contribution in [3.63, 3.8) is 0 Å². The van der Waals surface area contributed by atoms with Crippen molar-refractivity contribution in [3.8, 4) is 0 Å². The lowest BCUT2D eigenvalue weighted by Gasteiger charge is -2.34. The molecule has 3 heteroatoms. The summed E-state index contributed by atoms with van der Waals surface area (Å²) in [4.78, 5) is 15.3. The van der Waals surface area contributed by atoms with Crippen molar-refractivity contribution in [1.82, 2.24) is 10.2 Å². The topological polar surface area (TPSA) is 32.3 Å². The molecule has 0 aromatic heterocycles. The van der Waals surface area contributed by atoms with Crippen LogP contribution in [0.15, 0.2) is 54.6 Å². The second-order valence-electron chi connectivity index (χ2n) is 7.60. The molecule has 0 saturated carbocycles. The third-order valence-corrected chi connectivity index (χ3v) is 5.80. The predicted molar refractivity (Wildman–Crippen MR) is 105 cm³/mol. The van der Waals surface area contributed by atoms with Gasteiger partial charge in [-0.1, -0.05) is 54.6 Å². The Morgan fingerprint density at radius 2 is 1.62 bits per heavy atom. The molecule has 2 aromatic rings. The van der Waals surface area contributed by atoms with Gasteiger partial charge < -0.3 is 4.90 Å². The third kappa shape index (κ3) is 3.83. The molecule has 26 heavy (non-hydrogen) atoms. The van der Waals surface area contributed by atoms with Gasteiger partial charge in [0, 0.05) is 19.1 Å². The Morgan fingerprint density at radius 3 is 2.38 bits per heavy atom. The molecule has 0 radical (unpaired) electrons. The SMILES string of the molecule is O=C([C@@H](N[C@@H]1CCc2ccccc2C1)c1ccccc1)N1CCCCC1. The Kier molecular flexibility index (Phi) is 5.35. The van der Waals surface area contributed by atoms with E-state index < -0.39 is 0 Å². The highest BCUT2D eigenvalue weighted by molar-refractivity contribution is 5.83. The average molecular weight is 348 g/mol. The summed E-state index contributed by atoms with van der Waals surface area (Å²) in [5.41, 5.74) is 3.97. The fourth-order valence-corrected chi connectivity index (χ4v) is 4.33. The number of aryl methyl sites for hydroxylation is 1. The highest BCUT2D eigenvalue weighted by Gasteiger charge is 2.30. The minimum Gasteiger partial charge on any atom is -0.341 e. The van der Waals surface area contributed by atoms with Crippen molar-refractivity contribution >= 4 is 5.91 Å². The van der Waals surface area contributed by atoms with E-state index in [-0.39, 0.29) is 11.9 Å². The van der Waals surface area contributed by atoms with Crippen LogP contribution in [0.3, 0.4) is 0 Å². The van der Waals surface area contributed by atoms with E-state index in [2.05, 4.69) is 46.6 Å². The molecule has 0 unspecified atom stereocenters. The Balaban J connectivity index is 1.53. The first-order valence-corrected chi connectivity index (χ1v) is 9.98. The first-order chi connectivity index (χ1) is 12.8. The first-order valence-electron chi connectivity index (χ1n) is 9.98. The van der Waals surface area contributed by atoms with Gasteiger partial charge in [0.05, 0.1) is 0 Å². The second kappa shape index (κ2) is 8.05. The van der Waals surface area contributed by atoms with E-state index in [0.717, 1.165) is 50.8 Å². The summed E-state index contributed by atoms with van der Waals surface area (Å²) >= 11 is 0. The van der Waals surface area contributed by atoms with E-state index >= 15 is 0 Å². The molecule has 1 saturated heterocycles. The Labute approximate surface area is 156 Å². The summed E-state index contributed by atoms with van der Waals surface area (Å²) in [5.74, 6) is 0.245. The summed E-state index contributed by atoms with van der Waals surface area (Å²) in [6.45, 7) is 1.80. The van der Waals surface area contributed by atoms with Crippen LogP contribution in [-0.4, -0.2) is 29.9 Å². The van der Waals surface area contributed by atoms with Crippen LogP contribution in [0, 0.1) is 0 Å². The molecule has 136 valence electrons. The molecule has 0 bridgehead atoms. The zero-order chi connectivity index (χ0) is 17.8. The van der Waals surface area contributed by atoms with Gasteiger partial charge in [0.15, 0.2) is 0 Å². The van der Waals surface area contributed by atoms with Gasteiger partial charge in [-0.25, -0.2) is 0 Å². The Hall–Kier alpha value is -2.13. The predicted octanol–water partition coefficient (Wildman–Crippen LogP) is 3.89. The van der Waals surface area contributed by atoms with Gasteiger partial charge in [-0.05, 0) is 55.2 Å². The van der Waals surface area contributed by atoms with Crippen molar-refractivity contribution in [2.45, 2.75) is 50.6 Å². The van der Waals surface area contributed by atoms with Crippen LogP contribution in [-0.2, 0) is 17.6 Å². The molecular formula is C23H28N2O. The normalized spacial score (nSPS) is 21.1. The van der Waals surface area contributed by atoms with Crippen LogP contribution in [0.1, 0.15) is 48.4 Å². The van der Waals surface area contributed by atoms with Crippen LogP contribution < -0.4 is 5.32 Å². The third-order valence-electron chi connectivity index (χ3n) is 5.80. The number of amides is 1. The van der Waals surface area contributed by atoms with E-state index in [0.29, 0.717) is 6.04 Å². The number of carbonyl (C=O) groups is 1. The standard InChI is InChI=1S/C23H28N2O/c26-23(25-15-7-2-8-16-25)22(19-10-3-1-4-11-19)24-21-14-13-18-9-5-6-12-20(18)17-21/h1,3-6,9-12,21-22,24H,2,7-8,13-17H2/t21-,22+/m1/s1. The van der Waals surface area contributed by atoms with Gasteiger partial charge in [0.1, 0.15) is 6.04 Å². The fourth-order valence-electron chi connectivity index (χ4n) is 4.33. The van der Waals surface area contributed by atoms with Crippen molar-refractivity contribution in [2.75, 3.05) is 13.1 Å². The number of piperidine rings is 1. The number of nitrogens with zero attached hydrogens (tertiary/aromatic N) is 1. The number of benzene rings is 2. The van der Waals surface area contributed by atoms with Crippen molar-refractivity contribution in [3.05, 3.63) is 71.3 Å². The van der Waals surface area contributed by atoms with E-state index in [1.54, 1.807) is 0 Å². The minimum absolute atomic E-state index is 0.232. The van der Waals surface area contributed by atoms with Gasteiger partial charge in [-0.3, -0.25) is 10.1 Å². The van der Waals surface area contributed by atoms with Crippen LogP contribution in [0.5, 0.6) is 0 Å². The molecule has 0 spiro atoms. The fraction of sp³-hybridized carbons (Fsp3) is 0.435. The van der Waals surface area contributed by atoms with Crippen LogP contribution in [0.25, 0.3) is 0 Å². The van der Waals surface area contributed by atoms with Gasteiger partial charge in [-0.2, -0.15) is 0 Å². The summed E-state index contributed by atoms with van der Waals surface area (Å²) in [6, 6.07) is 19.1. The summed E-state index contributed by atoms with van der Waals surface area (Å²) in [6.07, 6.45) is 6.69. The summed E-state index contributed by atoms with van der Waals surface area (Å²) in [5, 5.41) is 3.72. The van der Waals surface area contributed by atoms with Gasteiger partial charge in [0.25, 0.3) is 0 Å². The summed E-state index contributed by atoms with van der Waals surface area (Å²) < 4.78 is 0.